The summed E-state index contributed by atoms with van der Waals surface area (Å²) in [7, 11) is 3.71. The van der Waals surface area contributed by atoms with E-state index in [0.717, 1.165) is 4.88 Å². The molecule has 15 heteroatoms. The first kappa shape index (κ1) is 42.5. The lowest BCUT2D eigenvalue weighted by molar-refractivity contribution is -0.296. The maximum Gasteiger partial charge on any atom is 0.408 e. The highest BCUT2D eigenvalue weighted by molar-refractivity contribution is 7.13. The number of ketones is 2. The lowest BCUT2D eigenvalue weighted by Gasteiger charge is -2.47. The Morgan fingerprint density at radius 2 is 1.82 bits per heavy atom. The Morgan fingerprint density at radius 3 is 2.47 bits per heavy atom. The van der Waals surface area contributed by atoms with Gasteiger partial charge in [-0.1, -0.05) is 44.8 Å². The minimum absolute atomic E-state index is 0.0364. The lowest BCUT2D eigenvalue weighted by Crippen LogP contribution is -2.60. The van der Waals surface area contributed by atoms with Crippen molar-refractivity contribution in [2.75, 3.05) is 20.7 Å². The summed E-state index contributed by atoms with van der Waals surface area (Å²) in [5.41, 5.74) is -2.18. The normalized spacial score (nSPS) is 37.6. The van der Waals surface area contributed by atoms with Crippen LogP contribution in [0.4, 0.5) is 4.79 Å². The van der Waals surface area contributed by atoms with Gasteiger partial charge < -0.3 is 43.5 Å². The number of likely N-dealkylation sites (N-methyl/N-ethyl adjacent to an activating group) is 1. The van der Waals surface area contributed by atoms with E-state index in [1.807, 2.05) is 43.4 Å². The molecule has 0 saturated carbocycles. The minimum atomic E-state index is -1.43. The number of thiophene rings is 1. The van der Waals surface area contributed by atoms with Gasteiger partial charge in [-0.05, 0) is 78.4 Å². The molecule has 0 radical (unpaired) electrons. The number of ether oxygens (including phenoxy) is 5. The molecule has 3 saturated heterocycles. The van der Waals surface area contributed by atoms with Crippen LogP contribution in [0.2, 0.25) is 0 Å². The van der Waals surface area contributed by atoms with Gasteiger partial charge in [0.15, 0.2) is 17.7 Å². The summed E-state index contributed by atoms with van der Waals surface area (Å²) in [4.78, 5) is 58.1. The molecule has 2 aromatic heterocycles. The van der Waals surface area contributed by atoms with E-state index in [-0.39, 0.29) is 37.4 Å². The average molecular weight is 786 g/mol. The molecule has 0 spiro atoms. The van der Waals surface area contributed by atoms with Crippen molar-refractivity contribution in [3.05, 3.63) is 29.3 Å². The highest BCUT2D eigenvalue weighted by Crippen LogP contribution is 2.40. The van der Waals surface area contributed by atoms with Crippen LogP contribution >= 0.6 is 11.3 Å². The fourth-order valence-electron chi connectivity index (χ4n) is 8.33. The van der Waals surface area contributed by atoms with E-state index in [2.05, 4.69) is 22.3 Å². The zero-order valence-corrected chi connectivity index (χ0v) is 34.1. The molecule has 302 valence electrons. The smallest absolute Gasteiger partial charge is 0.408 e. The number of Topliss-reactive ketones (excluding diaryl/α,β-unsaturated/α-hetero) is 2. The van der Waals surface area contributed by atoms with Gasteiger partial charge in [-0.3, -0.25) is 14.4 Å². The lowest BCUT2D eigenvalue weighted by atomic mass is 9.73. The Morgan fingerprint density at radius 1 is 1.09 bits per heavy atom. The zero-order valence-electron chi connectivity index (χ0n) is 33.3. The molecular weight excluding hydrogens is 731 g/mol. The molecule has 5 rings (SSSR count). The number of amides is 1. The van der Waals surface area contributed by atoms with E-state index in [0.29, 0.717) is 17.9 Å². The predicted octanol–water partition coefficient (Wildman–Crippen LogP) is 4.62. The monoisotopic (exact) mass is 785 g/mol. The van der Waals surface area contributed by atoms with Crippen LogP contribution in [0.3, 0.4) is 0 Å². The third kappa shape index (κ3) is 9.00. The molecule has 5 heterocycles. The van der Waals surface area contributed by atoms with Crippen molar-refractivity contribution >= 4 is 35.0 Å². The van der Waals surface area contributed by atoms with Gasteiger partial charge in [0.05, 0.1) is 28.7 Å². The Labute approximate surface area is 326 Å². The molecule has 55 heavy (non-hydrogen) atoms. The van der Waals surface area contributed by atoms with Crippen molar-refractivity contribution in [3.8, 4) is 22.4 Å². The van der Waals surface area contributed by atoms with E-state index >= 15 is 0 Å². The number of fused-ring (bicyclic) bond motifs is 1. The number of carbonyl (C=O) groups excluding carboxylic acids is 4. The molecule has 0 aliphatic carbocycles. The van der Waals surface area contributed by atoms with Gasteiger partial charge in [-0.25, -0.2) is 4.79 Å². The van der Waals surface area contributed by atoms with Crippen LogP contribution in [0.1, 0.15) is 80.4 Å². The van der Waals surface area contributed by atoms with Crippen LogP contribution < -0.4 is 5.32 Å². The van der Waals surface area contributed by atoms with Crippen molar-refractivity contribution in [3.63, 3.8) is 0 Å². The number of aliphatic hydroxyl groups is 1. The van der Waals surface area contributed by atoms with Gasteiger partial charge in [0.2, 0.25) is 5.76 Å². The molecule has 13 atom stereocenters. The number of hydrogen-bond acceptors (Lipinski definition) is 14. The van der Waals surface area contributed by atoms with E-state index in [4.69, 9.17) is 28.2 Å². The summed E-state index contributed by atoms with van der Waals surface area (Å²) >= 11 is 1.52. The molecule has 0 unspecified atom stereocenters. The predicted molar refractivity (Wildman–Crippen MR) is 202 cm³/mol. The summed E-state index contributed by atoms with van der Waals surface area (Å²) in [5.74, 6) is 0.902. The molecule has 0 bridgehead atoms. The fourth-order valence-corrected chi connectivity index (χ4v) is 9.00. The molecular formula is C40H55N3O11S. The molecule has 3 aliphatic rings. The van der Waals surface area contributed by atoms with Crippen molar-refractivity contribution in [2.45, 2.75) is 129 Å². The van der Waals surface area contributed by atoms with Gasteiger partial charge in [0.25, 0.3) is 0 Å². The molecule has 14 nitrogen and oxygen atoms in total. The number of alkyl carbamates (subject to hydrolysis) is 1. The SMILES string of the molecule is CC[C@H]1OC(=O)[C@H](C)C(=O)[C@H](C)[C@@H](O[C@@H]2O[C@H](C)C[C@H](N(C)C)[C@H]2O)[C@@](C)(OCC#Cc2cc(-c3cccs3)no2)C[C@@H](C)C(=O)[C@H](C)[C@H]2NC(=O)O[C@@]21C. The van der Waals surface area contributed by atoms with Crippen molar-refractivity contribution < 1.29 is 52.5 Å². The van der Waals surface area contributed by atoms with Gasteiger partial charge in [-0.2, -0.15) is 0 Å². The Balaban J connectivity index is 1.55. The Hall–Kier alpha value is -3.65. The van der Waals surface area contributed by atoms with Crippen LogP contribution in [-0.2, 0) is 38.1 Å². The van der Waals surface area contributed by atoms with Crippen molar-refractivity contribution in [1.82, 2.24) is 15.4 Å². The largest absolute Gasteiger partial charge is 0.458 e. The second-order valence-corrected chi connectivity index (χ2v) is 16.8. The second-order valence-electron chi connectivity index (χ2n) is 15.8. The summed E-state index contributed by atoms with van der Waals surface area (Å²) in [5, 5.41) is 20.4. The molecule has 2 aromatic rings. The van der Waals surface area contributed by atoms with Crippen molar-refractivity contribution in [2.24, 2.45) is 23.7 Å². The van der Waals surface area contributed by atoms with E-state index in [1.54, 1.807) is 47.6 Å². The summed E-state index contributed by atoms with van der Waals surface area (Å²) in [6, 6.07) is 4.40. The maximum atomic E-state index is 14.4. The number of rotatable bonds is 7. The number of nitrogens with zero attached hydrogens (tertiary/aromatic N) is 2. The Bertz CT molecular complexity index is 1750. The third-order valence-electron chi connectivity index (χ3n) is 11.4. The zero-order chi connectivity index (χ0) is 40.4. The molecule has 1 amide bonds. The van der Waals surface area contributed by atoms with Crippen LogP contribution in [-0.4, -0.2) is 113 Å². The number of cyclic esters (lactones) is 1. The standard InChI is InChI=1S/C40H55N3O11S/c1-11-30-40(8)34(41-38(48)53-40)23(4)31(44)21(2)20-39(7,49-16-12-14-26-19-27(42-54-26)29-15-13-17-55-29)35(24(5)32(45)25(6)36(47)51-30)52-37-33(46)28(43(9)10)18-22(3)50-37/h13,15,17,19,21-25,28,30,33-35,37,46H,11,16,18,20H2,1-10H3,(H,41,48)/t21-,22-,23+,24+,25-,28+,30-,33-,34-,35-,37+,39+,40-/m1/s1. The number of esters is 1. The third-order valence-corrected chi connectivity index (χ3v) is 12.3. The molecule has 0 aromatic carbocycles. The quantitative estimate of drug-likeness (QED) is 0.226. The number of nitrogens with one attached hydrogen (secondary N) is 1. The first-order chi connectivity index (χ1) is 25.9. The van der Waals surface area contributed by atoms with Crippen LogP contribution in [0, 0.1) is 35.5 Å². The minimum Gasteiger partial charge on any atom is -0.458 e. The van der Waals surface area contributed by atoms with Gasteiger partial charge in [-0.15, -0.1) is 11.3 Å². The summed E-state index contributed by atoms with van der Waals surface area (Å²) in [6.07, 6.45) is -4.61. The summed E-state index contributed by atoms with van der Waals surface area (Å²) < 4.78 is 36.6. The molecule has 3 fully saturated rings. The van der Waals surface area contributed by atoms with E-state index in [1.165, 1.54) is 18.3 Å². The molecule has 2 N–H and O–H groups in total. The number of carbonyl (C=O) groups is 4. The number of aromatic nitrogens is 1. The first-order valence-corrected chi connectivity index (χ1v) is 19.8. The summed E-state index contributed by atoms with van der Waals surface area (Å²) in [6.45, 7) is 13.4. The van der Waals surface area contributed by atoms with Gasteiger partial charge >= 0.3 is 12.1 Å². The average Bonchev–Trinajstić information content (AvgIpc) is 3.91. The second kappa shape index (κ2) is 17.2. The highest BCUT2D eigenvalue weighted by Gasteiger charge is 2.57. The first-order valence-electron chi connectivity index (χ1n) is 19.0. The number of aliphatic hydroxyl groups excluding tert-OH is 1. The van der Waals surface area contributed by atoms with Crippen LogP contribution in [0.5, 0.6) is 0 Å². The van der Waals surface area contributed by atoms with Crippen molar-refractivity contribution in [1.29, 1.82) is 0 Å². The highest BCUT2D eigenvalue weighted by atomic mass is 32.1. The van der Waals surface area contributed by atoms with Gasteiger partial charge in [0.1, 0.15) is 36.2 Å². The van der Waals surface area contributed by atoms with Gasteiger partial charge in [0, 0.05) is 29.9 Å². The topological polar surface area (TPSA) is 176 Å². The Kier molecular flexibility index (Phi) is 13.3. The van der Waals surface area contributed by atoms with Crippen LogP contribution in [0.25, 0.3) is 10.6 Å². The van der Waals surface area contributed by atoms with Crippen LogP contribution in [0.15, 0.2) is 28.1 Å². The van der Waals surface area contributed by atoms with E-state index in [9.17, 15) is 24.3 Å². The fraction of sp³-hybridized carbons (Fsp3) is 0.675. The number of hydrogen-bond donors (Lipinski definition) is 2. The van der Waals surface area contributed by atoms with E-state index < -0.39 is 83.4 Å². The molecule has 3 aliphatic heterocycles. The maximum absolute atomic E-state index is 14.4.